The molecular formula is C15H13ClN2. The van der Waals surface area contributed by atoms with Crippen LogP contribution in [0.15, 0.2) is 54.7 Å². The molecule has 0 saturated heterocycles. The molecule has 0 unspecified atom stereocenters. The number of hydrogen-bond donors (Lipinski definition) is 1. The van der Waals surface area contributed by atoms with E-state index < -0.39 is 0 Å². The first-order chi connectivity index (χ1) is 8.78. The van der Waals surface area contributed by atoms with Crippen molar-refractivity contribution in [2.75, 3.05) is 0 Å². The smallest absolute Gasteiger partial charge is 0.0543 e. The van der Waals surface area contributed by atoms with E-state index in [9.17, 15) is 0 Å². The van der Waals surface area contributed by atoms with Gasteiger partial charge < -0.3 is 10.3 Å². The van der Waals surface area contributed by atoms with Crippen LogP contribution in [0.3, 0.4) is 0 Å². The van der Waals surface area contributed by atoms with Gasteiger partial charge in [0.15, 0.2) is 0 Å². The molecule has 1 aromatic heterocycles. The molecule has 0 atom stereocenters. The molecule has 0 aliphatic rings. The van der Waals surface area contributed by atoms with Gasteiger partial charge in [0.2, 0.25) is 0 Å². The Balaban J connectivity index is 2.15. The third kappa shape index (κ3) is 1.90. The standard InChI is InChI=1S/C15H13ClN2/c16-13-4-3-12-7-8-18(15(12)9-13)14-5-1-11(10-17)2-6-14/h1-9H,10,17H2. The van der Waals surface area contributed by atoms with E-state index in [-0.39, 0.29) is 0 Å². The summed E-state index contributed by atoms with van der Waals surface area (Å²) in [5.74, 6) is 0. The van der Waals surface area contributed by atoms with E-state index in [0.29, 0.717) is 6.54 Å². The van der Waals surface area contributed by atoms with Gasteiger partial charge in [-0.15, -0.1) is 0 Å². The van der Waals surface area contributed by atoms with Crippen molar-refractivity contribution in [3.8, 4) is 5.69 Å². The molecule has 0 fully saturated rings. The van der Waals surface area contributed by atoms with Crippen molar-refractivity contribution in [1.82, 2.24) is 4.57 Å². The van der Waals surface area contributed by atoms with Crippen LogP contribution in [0, 0.1) is 0 Å². The molecule has 2 nitrogen and oxygen atoms in total. The maximum atomic E-state index is 6.05. The number of halogens is 1. The van der Waals surface area contributed by atoms with E-state index in [4.69, 9.17) is 17.3 Å². The average molecular weight is 257 g/mol. The molecule has 0 aliphatic heterocycles. The molecule has 3 heteroatoms. The minimum Gasteiger partial charge on any atom is -0.326 e. The molecule has 0 amide bonds. The fourth-order valence-electron chi connectivity index (χ4n) is 2.12. The van der Waals surface area contributed by atoms with E-state index in [1.54, 1.807) is 0 Å². The van der Waals surface area contributed by atoms with Gasteiger partial charge in [-0.2, -0.15) is 0 Å². The molecule has 90 valence electrons. The Kier molecular flexibility index (Phi) is 2.82. The molecule has 0 bridgehead atoms. The van der Waals surface area contributed by atoms with Crippen LogP contribution in [0.1, 0.15) is 5.56 Å². The zero-order valence-electron chi connectivity index (χ0n) is 9.81. The normalized spacial score (nSPS) is 11.0. The number of fused-ring (bicyclic) bond motifs is 1. The van der Waals surface area contributed by atoms with Crippen LogP contribution in [0.4, 0.5) is 0 Å². The molecule has 3 rings (SSSR count). The highest BCUT2D eigenvalue weighted by atomic mass is 35.5. The lowest BCUT2D eigenvalue weighted by Crippen LogP contribution is -1.97. The third-order valence-electron chi connectivity index (χ3n) is 3.11. The average Bonchev–Trinajstić information content (AvgIpc) is 2.82. The first-order valence-corrected chi connectivity index (χ1v) is 6.22. The van der Waals surface area contributed by atoms with Gasteiger partial charge in [0.1, 0.15) is 0 Å². The van der Waals surface area contributed by atoms with E-state index >= 15 is 0 Å². The Bertz CT molecular complexity index is 683. The maximum Gasteiger partial charge on any atom is 0.0543 e. The van der Waals surface area contributed by atoms with Crippen molar-refractivity contribution in [1.29, 1.82) is 0 Å². The lowest BCUT2D eigenvalue weighted by molar-refractivity contribution is 1.06. The van der Waals surface area contributed by atoms with Gasteiger partial charge in [-0.05, 0) is 35.9 Å². The summed E-state index contributed by atoms with van der Waals surface area (Å²) in [7, 11) is 0. The molecule has 2 aromatic carbocycles. The summed E-state index contributed by atoms with van der Waals surface area (Å²) in [6, 6.07) is 16.2. The first kappa shape index (κ1) is 11.3. The molecule has 18 heavy (non-hydrogen) atoms. The van der Waals surface area contributed by atoms with Crippen LogP contribution in [0.5, 0.6) is 0 Å². The number of rotatable bonds is 2. The topological polar surface area (TPSA) is 30.9 Å². The zero-order chi connectivity index (χ0) is 12.5. The summed E-state index contributed by atoms with van der Waals surface area (Å²) >= 11 is 6.05. The van der Waals surface area contributed by atoms with Crippen molar-refractivity contribution in [2.24, 2.45) is 5.73 Å². The van der Waals surface area contributed by atoms with Crippen molar-refractivity contribution in [3.05, 3.63) is 65.3 Å². The Morgan fingerprint density at radius 3 is 2.50 bits per heavy atom. The Morgan fingerprint density at radius 1 is 1.00 bits per heavy atom. The Hall–Kier alpha value is -1.77. The maximum absolute atomic E-state index is 6.05. The fraction of sp³-hybridized carbons (Fsp3) is 0.0667. The van der Waals surface area contributed by atoms with Crippen LogP contribution in [-0.4, -0.2) is 4.57 Å². The van der Waals surface area contributed by atoms with Gasteiger partial charge in [-0.25, -0.2) is 0 Å². The second-order valence-corrected chi connectivity index (χ2v) is 4.70. The lowest BCUT2D eigenvalue weighted by atomic mass is 10.2. The summed E-state index contributed by atoms with van der Waals surface area (Å²) in [6.07, 6.45) is 2.05. The largest absolute Gasteiger partial charge is 0.326 e. The van der Waals surface area contributed by atoms with Crippen LogP contribution in [0.2, 0.25) is 5.02 Å². The van der Waals surface area contributed by atoms with Gasteiger partial charge in [-0.3, -0.25) is 0 Å². The van der Waals surface area contributed by atoms with Crippen LogP contribution in [0.25, 0.3) is 16.6 Å². The van der Waals surface area contributed by atoms with Gasteiger partial charge >= 0.3 is 0 Å². The monoisotopic (exact) mass is 256 g/mol. The highest BCUT2D eigenvalue weighted by Gasteiger charge is 2.03. The van der Waals surface area contributed by atoms with E-state index in [2.05, 4.69) is 29.0 Å². The predicted octanol–water partition coefficient (Wildman–Crippen LogP) is 3.74. The summed E-state index contributed by atoms with van der Waals surface area (Å²) in [5.41, 5.74) is 8.97. The zero-order valence-corrected chi connectivity index (χ0v) is 10.6. The van der Waals surface area contributed by atoms with Crippen LogP contribution < -0.4 is 5.73 Å². The molecule has 2 N–H and O–H groups in total. The number of nitrogens with two attached hydrogens (primary N) is 1. The SMILES string of the molecule is NCc1ccc(-n2ccc3ccc(Cl)cc32)cc1. The van der Waals surface area contributed by atoms with Gasteiger partial charge in [0, 0.05) is 28.8 Å². The highest BCUT2D eigenvalue weighted by molar-refractivity contribution is 6.31. The van der Waals surface area contributed by atoms with Crippen molar-refractivity contribution in [2.45, 2.75) is 6.54 Å². The van der Waals surface area contributed by atoms with E-state index in [1.807, 2.05) is 30.3 Å². The lowest BCUT2D eigenvalue weighted by Gasteiger charge is -2.06. The second-order valence-electron chi connectivity index (χ2n) is 4.26. The van der Waals surface area contributed by atoms with E-state index in [1.165, 1.54) is 5.39 Å². The van der Waals surface area contributed by atoms with Gasteiger partial charge in [-0.1, -0.05) is 29.8 Å². The Labute approximate surface area is 111 Å². The number of benzene rings is 2. The van der Waals surface area contributed by atoms with Crippen molar-refractivity contribution in [3.63, 3.8) is 0 Å². The first-order valence-electron chi connectivity index (χ1n) is 5.84. The summed E-state index contributed by atoms with van der Waals surface area (Å²) < 4.78 is 2.13. The van der Waals surface area contributed by atoms with Crippen molar-refractivity contribution < 1.29 is 0 Å². The summed E-state index contributed by atoms with van der Waals surface area (Å²) in [6.45, 7) is 0.568. The van der Waals surface area contributed by atoms with Gasteiger partial charge in [0.05, 0.1) is 5.52 Å². The van der Waals surface area contributed by atoms with Crippen LogP contribution >= 0.6 is 11.6 Å². The molecule has 0 saturated carbocycles. The number of hydrogen-bond acceptors (Lipinski definition) is 1. The third-order valence-corrected chi connectivity index (χ3v) is 3.34. The van der Waals surface area contributed by atoms with Crippen molar-refractivity contribution >= 4 is 22.5 Å². The summed E-state index contributed by atoms with van der Waals surface area (Å²) in [5, 5.41) is 1.93. The van der Waals surface area contributed by atoms with Crippen LogP contribution in [-0.2, 0) is 6.54 Å². The molecule has 0 aliphatic carbocycles. The van der Waals surface area contributed by atoms with E-state index in [0.717, 1.165) is 21.8 Å². The number of nitrogens with zero attached hydrogens (tertiary/aromatic N) is 1. The minimum absolute atomic E-state index is 0.568. The quantitative estimate of drug-likeness (QED) is 0.744. The Morgan fingerprint density at radius 2 is 1.78 bits per heavy atom. The summed E-state index contributed by atoms with van der Waals surface area (Å²) in [4.78, 5) is 0. The molecule has 3 aromatic rings. The second kappa shape index (κ2) is 4.48. The minimum atomic E-state index is 0.568. The fourth-order valence-corrected chi connectivity index (χ4v) is 2.29. The molecular weight excluding hydrogens is 244 g/mol. The molecule has 0 spiro atoms. The molecule has 0 radical (unpaired) electrons. The predicted molar refractivity (Wildman–Crippen MR) is 76.2 cm³/mol. The highest BCUT2D eigenvalue weighted by Crippen LogP contribution is 2.23. The molecule has 1 heterocycles. The number of aromatic nitrogens is 1. The van der Waals surface area contributed by atoms with Gasteiger partial charge in [0.25, 0.3) is 0 Å².